The second-order valence-electron chi connectivity index (χ2n) is 3.28. The molecule has 0 heterocycles. The molecule has 0 amide bonds. The van der Waals surface area contributed by atoms with Gasteiger partial charge in [0.05, 0.1) is 0 Å². The molecule has 0 unspecified atom stereocenters. The van der Waals surface area contributed by atoms with Gasteiger partial charge in [-0.3, -0.25) is 4.79 Å². The van der Waals surface area contributed by atoms with Crippen LogP contribution in [0.25, 0.3) is 6.08 Å². The average Bonchev–Trinajstić information content (AvgIpc) is 2.25. The summed E-state index contributed by atoms with van der Waals surface area (Å²) in [6.07, 6.45) is 3.29. The van der Waals surface area contributed by atoms with Crippen LogP contribution in [0.5, 0.6) is 0 Å². The third-order valence-electron chi connectivity index (χ3n) is 1.79. The fourth-order valence-electron chi connectivity index (χ4n) is 1.15. The first kappa shape index (κ1) is 12.1. The van der Waals surface area contributed by atoms with Crippen LogP contribution in [0, 0.1) is 11.8 Å². The molecule has 0 bridgehead atoms. The maximum absolute atomic E-state index is 10.6. The molecular weight excluding hydrogens is 200 g/mol. The fraction of sp³-hybridized carbons (Fsp3) is 0.214. The van der Waals surface area contributed by atoms with Crippen LogP contribution >= 0.6 is 0 Å². The summed E-state index contributed by atoms with van der Waals surface area (Å²) in [6, 6.07) is 9.89. The van der Waals surface area contributed by atoms with E-state index in [1.165, 1.54) is 6.92 Å². The van der Waals surface area contributed by atoms with Crippen molar-refractivity contribution in [1.82, 2.24) is 0 Å². The van der Waals surface area contributed by atoms with E-state index in [4.69, 9.17) is 4.74 Å². The Balaban J connectivity index is 2.48. The highest BCUT2D eigenvalue weighted by Gasteiger charge is 1.98. The van der Waals surface area contributed by atoms with Gasteiger partial charge in [0.1, 0.15) is 0 Å². The van der Waals surface area contributed by atoms with Gasteiger partial charge in [0.15, 0.2) is 6.10 Å². The SMILES string of the molecule is CC(=O)O[C@@H](C)C#CC=Cc1ccccc1. The Morgan fingerprint density at radius 3 is 2.69 bits per heavy atom. The van der Waals surface area contributed by atoms with Crippen LogP contribution in [-0.2, 0) is 9.53 Å². The van der Waals surface area contributed by atoms with Crippen LogP contribution in [0.2, 0.25) is 0 Å². The van der Waals surface area contributed by atoms with Crippen molar-refractivity contribution in [3.63, 3.8) is 0 Å². The highest BCUT2D eigenvalue weighted by atomic mass is 16.5. The number of hydrogen-bond donors (Lipinski definition) is 0. The van der Waals surface area contributed by atoms with Gasteiger partial charge in [-0.2, -0.15) is 0 Å². The van der Waals surface area contributed by atoms with Crippen LogP contribution in [0.3, 0.4) is 0 Å². The Morgan fingerprint density at radius 2 is 2.06 bits per heavy atom. The molecule has 0 radical (unpaired) electrons. The van der Waals surface area contributed by atoms with Gasteiger partial charge in [-0.1, -0.05) is 42.2 Å². The first-order chi connectivity index (χ1) is 7.68. The molecule has 16 heavy (non-hydrogen) atoms. The van der Waals surface area contributed by atoms with Crippen molar-refractivity contribution >= 4 is 12.0 Å². The van der Waals surface area contributed by atoms with Gasteiger partial charge in [0, 0.05) is 6.92 Å². The zero-order chi connectivity index (χ0) is 11.8. The molecule has 0 fully saturated rings. The van der Waals surface area contributed by atoms with E-state index in [1.54, 1.807) is 13.0 Å². The van der Waals surface area contributed by atoms with Gasteiger partial charge in [0.2, 0.25) is 0 Å². The minimum absolute atomic E-state index is 0.311. The van der Waals surface area contributed by atoms with E-state index >= 15 is 0 Å². The molecule has 0 saturated heterocycles. The molecule has 82 valence electrons. The molecule has 1 rings (SSSR count). The number of esters is 1. The Labute approximate surface area is 95.9 Å². The summed E-state index contributed by atoms with van der Waals surface area (Å²) in [4.78, 5) is 10.6. The molecule has 0 saturated carbocycles. The predicted octanol–water partition coefficient (Wildman–Crippen LogP) is 2.65. The molecule has 0 aromatic heterocycles. The number of carbonyl (C=O) groups excluding carboxylic acids is 1. The van der Waals surface area contributed by atoms with E-state index in [1.807, 2.05) is 36.4 Å². The predicted molar refractivity (Wildman–Crippen MR) is 64.5 cm³/mol. The van der Waals surface area contributed by atoms with Crippen LogP contribution in [0.4, 0.5) is 0 Å². The Morgan fingerprint density at radius 1 is 1.38 bits per heavy atom. The second kappa shape index (κ2) is 6.47. The van der Waals surface area contributed by atoms with Crippen molar-refractivity contribution < 1.29 is 9.53 Å². The summed E-state index contributed by atoms with van der Waals surface area (Å²) in [6.45, 7) is 3.11. The van der Waals surface area contributed by atoms with Crippen LogP contribution in [-0.4, -0.2) is 12.1 Å². The Bertz CT molecular complexity index is 421. The first-order valence-electron chi connectivity index (χ1n) is 5.08. The van der Waals surface area contributed by atoms with Crippen LogP contribution in [0.15, 0.2) is 36.4 Å². The lowest BCUT2D eigenvalue weighted by Gasteiger charge is -2.01. The summed E-state index contributed by atoms with van der Waals surface area (Å²) < 4.78 is 4.86. The van der Waals surface area contributed by atoms with Crippen LogP contribution in [0.1, 0.15) is 19.4 Å². The molecule has 2 heteroatoms. The molecule has 0 aliphatic carbocycles. The smallest absolute Gasteiger partial charge is 0.303 e. The van der Waals surface area contributed by atoms with Crippen molar-refractivity contribution in [3.05, 3.63) is 42.0 Å². The molecule has 0 spiro atoms. The quantitative estimate of drug-likeness (QED) is 0.559. The molecule has 2 nitrogen and oxygen atoms in total. The van der Waals surface area contributed by atoms with E-state index in [0.717, 1.165) is 5.56 Å². The maximum atomic E-state index is 10.6. The summed E-state index contributed by atoms with van der Waals surface area (Å²) >= 11 is 0. The number of benzene rings is 1. The third kappa shape index (κ3) is 5.02. The average molecular weight is 214 g/mol. The number of ether oxygens (including phenoxy) is 1. The van der Waals surface area contributed by atoms with Gasteiger partial charge in [-0.05, 0) is 24.6 Å². The molecule has 1 aromatic carbocycles. The number of rotatable bonds is 2. The lowest BCUT2D eigenvalue weighted by molar-refractivity contribution is -0.143. The van der Waals surface area contributed by atoms with Gasteiger partial charge < -0.3 is 4.74 Å². The Hall–Kier alpha value is -2.01. The minimum Gasteiger partial charge on any atom is -0.450 e. The normalized spacial score (nSPS) is 11.6. The van der Waals surface area contributed by atoms with E-state index in [2.05, 4.69) is 11.8 Å². The lowest BCUT2D eigenvalue weighted by atomic mass is 10.2. The maximum Gasteiger partial charge on any atom is 0.303 e. The molecule has 1 aromatic rings. The molecular formula is C14H14O2. The standard InChI is InChI=1S/C14H14O2/c1-12(16-13(2)15)8-6-7-11-14-9-4-3-5-10-14/h3-5,7,9-12H,1-2H3/t12-/m0/s1. The van der Waals surface area contributed by atoms with E-state index < -0.39 is 0 Å². The topological polar surface area (TPSA) is 26.3 Å². The van der Waals surface area contributed by atoms with Crippen molar-refractivity contribution in [2.45, 2.75) is 20.0 Å². The zero-order valence-electron chi connectivity index (χ0n) is 9.44. The van der Waals surface area contributed by atoms with Crippen molar-refractivity contribution in [3.8, 4) is 11.8 Å². The largest absolute Gasteiger partial charge is 0.450 e. The number of hydrogen-bond acceptors (Lipinski definition) is 2. The number of carbonyl (C=O) groups is 1. The third-order valence-corrected chi connectivity index (χ3v) is 1.79. The molecule has 0 aliphatic heterocycles. The van der Waals surface area contributed by atoms with Crippen LogP contribution < -0.4 is 0 Å². The summed E-state index contributed by atoms with van der Waals surface area (Å²) in [5.41, 5.74) is 1.09. The van der Waals surface area contributed by atoms with Crippen molar-refractivity contribution in [2.75, 3.05) is 0 Å². The fourth-order valence-corrected chi connectivity index (χ4v) is 1.15. The summed E-state index contributed by atoms with van der Waals surface area (Å²) in [7, 11) is 0. The van der Waals surface area contributed by atoms with Gasteiger partial charge in [-0.25, -0.2) is 0 Å². The minimum atomic E-state index is -0.363. The molecule has 1 atom stereocenters. The Kier molecular flexibility index (Phi) is 4.88. The van der Waals surface area contributed by atoms with E-state index in [0.29, 0.717) is 0 Å². The highest BCUT2D eigenvalue weighted by molar-refractivity contribution is 5.66. The number of allylic oxidation sites excluding steroid dienone is 1. The van der Waals surface area contributed by atoms with Crippen molar-refractivity contribution in [2.24, 2.45) is 0 Å². The lowest BCUT2D eigenvalue weighted by Crippen LogP contribution is -2.09. The van der Waals surface area contributed by atoms with E-state index in [9.17, 15) is 4.79 Å². The van der Waals surface area contributed by atoms with Gasteiger partial charge >= 0.3 is 5.97 Å². The first-order valence-corrected chi connectivity index (χ1v) is 5.08. The molecule has 0 aliphatic rings. The summed E-state index contributed by atoms with van der Waals surface area (Å²) in [5.74, 6) is 5.32. The zero-order valence-corrected chi connectivity index (χ0v) is 9.44. The van der Waals surface area contributed by atoms with E-state index in [-0.39, 0.29) is 12.1 Å². The second-order valence-corrected chi connectivity index (χ2v) is 3.28. The van der Waals surface area contributed by atoms with Gasteiger partial charge in [0.25, 0.3) is 0 Å². The highest BCUT2D eigenvalue weighted by Crippen LogP contribution is 2.00. The van der Waals surface area contributed by atoms with Gasteiger partial charge in [-0.15, -0.1) is 0 Å². The monoisotopic (exact) mass is 214 g/mol. The molecule has 0 N–H and O–H groups in total. The summed E-state index contributed by atoms with van der Waals surface area (Å²) in [5, 5.41) is 0. The van der Waals surface area contributed by atoms with Crippen molar-refractivity contribution in [1.29, 1.82) is 0 Å².